The molecule has 1 aliphatic heterocycles. The molecule has 3 atom stereocenters. The SMILES string of the molecule is C=CCC(NC(=O)OCC1c2ccccc2-c2ccccc21)C(=O)N1CC(O)C[C@H]1C(=O)O. The molecule has 0 radical (unpaired) electrons. The van der Waals surface area contributed by atoms with Crippen LogP contribution in [0.3, 0.4) is 0 Å². The van der Waals surface area contributed by atoms with Gasteiger partial charge in [-0.15, -0.1) is 6.58 Å². The van der Waals surface area contributed by atoms with Crippen LogP contribution in [0.5, 0.6) is 0 Å². The van der Waals surface area contributed by atoms with Crippen LogP contribution in [0.15, 0.2) is 61.2 Å². The van der Waals surface area contributed by atoms with Crippen molar-refractivity contribution in [2.75, 3.05) is 13.2 Å². The summed E-state index contributed by atoms with van der Waals surface area (Å²) in [6, 6.07) is 13.8. The number of amides is 2. The van der Waals surface area contributed by atoms with E-state index >= 15 is 0 Å². The molecule has 33 heavy (non-hydrogen) atoms. The zero-order chi connectivity index (χ0) is 23.5. The van der Waals surface area contributed by atoms with E-state index in [0.717, 1.165) is 27.2 Å². The average molecular weight is 450 g/mol. The van der Waals surface area contributed by atoms with Crippen molar-refractivity contribution in [2.45, 2.75) is 36.9 Å². The summed E-state index contributed by atoms with van der Waals surface area (Å²) in [6.45, 7) is 3.61. The number of aliphatic carboxylic acids is 1. The quantitative estimate of drug-likeness (QED) is 0.558. The van der Waals surface area contributed by atoms with Crippen LogP contribution in [0.2, 0.25) is 0 Å². The molecular weight excluding hydrogens is 424 g/mol. The number of aliphatic hydroxyl groups is 1. The Labute approximate surface area is 191 Å². The highest BCUT2D eigenvalue weighted by Gasteiger charge is 2.41. The van der Waals surface area contributed by atoms with Crippen LogP contribution in [-0.4, -0.2) is 64.4 Å². The summed E-state index contributed by atoms with van der Waals surface area (Å²) in [7, 11) is 0. The topological polar surface area (TPSA) is 116 Å². The first kappa shape index (κ1) is 22.5. The normalized spacial score (nSPS) is 20.0. The van der Waals surface area contributed by atoms with Gasteiger partial charge < -0.3 is 25.2 Å². The van der Waals surface area contributed by atoms with Gasteiger partial charge in [0.15, 0.2) is 0 Å². The molecule has 2 amide bonds. The molecule has 1 saturated heterocycles. The summed E-state index contributed by atoms with van der Waals surface area (Å²) in [5.41, 5.74) is 4.35. The lowest BCUT2D eigenvalue weighted by Crippen LogP contribution is -2.51. The Morgan fingerprint density at radius 3 is 2.30 bits per heavy atom. The largest absolute Gasteiger partial charge is 0.480 e. The van der Waals surface area contributed by atoms with E-state index in [1.807, 2.05) is 48.5 Å². The van der Waals surface area contributed by atoms with Gasteiger partial charge >= 0.3 is 12.1 Å². The van der Waals surface area contributed by atoms with Gasteiger partial charge in [0.1, 0.15) is 18.7 Å². The Bertz CT molecular complexity index is 1040. The van der Waals surface area contributed by atoms with E-state index in [-0.39, 0.29) is 31.9 Å². The fourth-order valence-electron chi connectivity index (χ4n) is 4.66. The molecule has 4 rings (SSSR count). The zero-order valence-electron chi connectivity index (χ0n) is 18.0. The first-order chi connectivity index (χ1) is 15.9. The highest BCUT2D eigenvalue weighted by molar-refractivity contribution is 5.90. The van der Waals surface area contributed by atoms with Crippen molar-refractivity contribution in [1.82, 2.24) is 10.2 Å². The van der Waals surface area contributed by atoms with E-state index in [0.29, 0.717) is 0 Å². The van der Waals surface area contributed by atoms with Gasteiger partial charge in [0, 0.05) is 18.9 Å². The molecule has 3 N–H and O–H groups in total. The number of carboxylic acids is 1. The fraction of sp³-hybridized carbons (Fsp3) is 0.320. The molecule has 0 bridgehead atoms. The Morgan fingerprint density at radius 1 is 1.12 bits per heavy atom. The van der Waals surface area contributed by atoms with Crippen LogP contribution >= 0.6 is 0 Å². The number of rotatable bonds is 7. The van der Waals surface area contributed by atoms with E-state index in [1.165, 1.54) is 6.08 Å². The number of nitrogens with zero attached hydrogens (tertiary/aromatic N) is 1. The lowest BCUT2D eigenvalue weighted by Gasteiger charge is -2.26. The molecule has 2 aromatic rings. The van der Waals surface area contributed by atoms with Crippen molar-refractivity contribution >= 4 is 18.0 Å². The van der Waals surface area contributed by atoms with Gasteiger partial charge in [0.2, 0.25) is 5.91 Å². The number of alkyl carbamates (subject to hydrolysis) is 1. The smallest absolute Gasteiger partial charge is 0.407 e. The third-order valence-corrected chi connectivity index (χ3v) is 6.18. The number of carbonyl (C=O) groups excluding carboxylic acids is 2. The predicted octanol–water partition coefficient (Wildman–Crippen LogP) is 2.52. The number of likely N-dealkylation sites (tertiary alicyclic amines) is 1. The number of hydrogen-bond acceptors (Lipinski definition) is 5. The molecule has 2 unspecified atom stereocenters. The molecule has 0 saturated carbocycles. The second kappa shape index (κ2) is 9.46. The standard InChI is InChI=1S/C25H26N2O6/c1-2-7-21(23(29)27-13-15(28)12-22(27)24(30)31)26-25(32)33-14-20-18-10-5-3-8-16(18)17-9-4-6-11-19(17)20/h2-6,8-11,15,20-22,28H,1,7,12-14H2,(H,26,32)(H,30,31)/t15?,21?,22-/m0/s1. The van der Waals surface area contributed by atoms with E-state index in [4.69, 9.17) is 4.74 Å². The van der Waals surface area contributed by atoms with Crippen molar-refractivity contribution in [3.05, 3.63) is 72.3 Å². The number of nitrogens with one attached hydrogen (secondary N) is 1. The lowest BCUT2D eigenvalue weighted by molar-refractivity contribution is -0.148. The summed E-state index contributed by atoms with van der Waals surface area (Å²) in [5, 5.41) is 21.8. The van der Waals surface area contributed by atoms with Gasteiger partial charge in [0.25, 0.3) is 0 Å². The number of aliphatic hydroxyl groups excluding tert-OH is 1. The minimum Gasteiger partial charge on any atom is -0.480 e. The summed E-state index contributed by atoms with van der Waals surface area (Å²) >= 11 is 0. The fourth-order valence-corrected chi connectivity index (χ4v) is 4.66. The first-order valence-corrected chi connectivity index (χ1v) is 10.8. The van der Waals surface area contributed by atoms with Crippen LogP contribution in [0, 0.1) is 0 Å². The maximum absolute atomic E-state index is 13.0. The second-order valence-corrected chi connectivity index (χ2v) is 8.28. The second-order valence-electron chi connectivity index (χ2n) is 8.28. The zero-order valence-corrected chi connectivity index (χ0v) is 18.0. The Hall–Kier alpha value is -3.65. The van der Waals surface area contributed by atoms with Crippen molar-refractivity contribution in [2.24, 2.45) is 0 Å². The lowest BCUT2D eigenvalue weighted by atomic mass is 9.98. The molecule has 1 heterocycles. The van der Waals surface area contributed by atoms with Crippen molar-refractivity contribution < 1.29 is 29.3 Å². The summed E-state index contributed by atoms with van der Waals surface area (Å²) in [6.07, 6.45) is -0.179. The third-order valence-electron chi connectivity index (χ3n) is 6.18. The molecule has 8 heteroatoms. The number of carbonyl (C=O) groups is 3. The van der Waals surface area contributed by atoms with E-state index in [9.17, 15) is 24.6 Å². The molecule has 1 aliphatic carbocycles. The van der Waals surface area contributed by atoms with Gasteiger partial charge in [-0.2, -0.15) is 0 Å². The number of ether oxygens (including phenoxy) is 1. The summed E-state index contributed by atoms with van der Waals surface area (Å²) < 4.78 is 5.50. The van der Waals surface area contributed by atoms with E-state index < -0.39 is 36.2 Å². The summed E-state index contributed by atoms with van der Waals surface area (Å²) in [4.78, 5) is 38.1. The summed E-state index contributed by atoms with van der Waals surface area (Å²) in [5.74, 6) is -1.91. The molecule has 0 spiro atoms. The molecular formula is C25H26N2O6. The number of fused-ring (bicyclic) bond motifs is 3. The maximum Gasteiger partial charge on any atom is 0.407 e. The molecule has 0 aromatic heterocycles. The maximum atomic E-state index is 13.0. The monoisotopic (exact) mass is 450 g/mol. The van der Waals surface area contributed by atoms with Gasteiger partial charge in [-0.3, -0.25) is 4.79 Å². The molecule has 8 nitrogen and oxygen atoms in total. The Kier molecular flexibility index (Phi) is 6.46. The van der Waals surface area contributed by atoms with Crippen LogP contribution in [0.4, 0.5) is 4.79 Å². The highest BCUT2D eigenvalue weighted by Crippen LogP contribution is 2.44. The van der Waals surface area contributed by atoms with E-state index in [1.54, 1.807) is 0 Å². The van der Waals surface area contributed by atoms with Crippen LogP contribution in [0.1, 0.15) is 29.9 Å². The molecule has 1 fully saturated rings. The Balaban J connectivity index is 1.44. The van der Waals surface area contributed by atoms with Crippen molar-refractivity contribution in [3.63, 3.8) is 0 Å². The Morgan fingerprint density at radius 2 is 1.73 bits per heavy atom. The molecule has 2 aromatic carbocycles. The first-order valence-electron chi connectivity index (χ1n) is 10.8. The van der Waals surface area contributed by atoms with Crippen molar-refractivity contribution in [1.29, 1.82) is 0 Å². The minimum atomic E-state index is -1.20. The highest BCUT2D eigenvalue weighted by atomic mass is 16.5. The minimum absolute atomic E-state index is 0.0488. The number of β-amino-alcohol motifs (C(OH)–C–C–N with tert-alkyl or cyclic N) is 1. The van der Waals surface area contributed by atoms with Crippen LogP contribution < -0.4 is 5.32 Å². The average Bonchev–Trinajstić information content (AvgIpc) is 3.35. The van der Waals surface area contributed by atoms with Crippen LogP contribution in [-0.2, 0) is 14.3 Å². The van der Waals surface area contributed by atoms with Gasteiger partial charge in [-0.05, 0) is 28.7 Å². The number of carboxylic acid groups (broad SMARTS) is 1. The van der Waals surface area contributed by atoms with E-state index in [2.05, 4.69) is 11.9 Å². The van der Waals surface area contributed by atoms with Gasteiger partial charge in [-0.1, -0.05) is 54.6 Å². The van der Waals surface area contributed by atoms with Crippen molar-refractivity contribution in [3.8, 4) is 11.1 Å². The van der Waals surface area contributed by atoms with Gasteiger partial charge in [0.05, 0.1) is 6.10 Å². The number of benzene rings is 2. The molecule has 172 valence electrons. The molecule has 2 aliphatic rings. The predicted molar refractivity (Wildman–Crippen MR) is 121 cm³/mol. The number of hydrogen-bond donors (Lipinski definition) is 3. The third kappa shape index (κ3) is 4.47. The van der Waals surface area contributed by atoms with Crippen LogP contribution in [0.25, 0.3) is 11.1 Å². The van der Waals surface area contributed by atoms with Gasteiger partial charge in [-0.25, -0.2) is 9.59 Å².